The van der Waals surface area contributed by atoms with Gasteiger partial charge < -0.3 is 33.8 Å². The molecule has 6 atom stereocenters. The number of ether oxygens (including phenoxy) is 4. The molecule has 0 aliphatic rings. The third kappa shape index (κ3) is 59.5. The highest BCUT2D eigenvalue weighted by molar-refractivity contribution is 7.47. The molecular weight excluding hydrogens is 1130 g/mol. The molecule has 0 aliphatic carbocycles. The number of carbonyl (C=O) groups excluding carboxylic acids is 4. The number of esters is 4. The minimum atomic E-state index is -4.95. The van der Waals surface area contributed by atoms with Crippen molar-refractivity contribution in [1.82, 2.24) is 0 Å². The predicted octanol–water partition coefficient (Wildman–Crippen LogP) is 18.6. The Balaban J connectivity index is 5.23. The minimum absolute atomic E-state index is 0.106. The fourth-order valence-corrected chi connectivity index (χ4v) is 11.5. The Kier molecular flexibility index (Phi) is 58.3. The van der Waals surface area contributed by atoms with E-state index in [1.54, 1.807) is 0 Å². The van der Waals surface area contributed by atoms with E-state index in [0.717, 1.165) is 102 Å². The van der Waals surface area contributed by atoms with Crippen molar-refractivity contribution in [3.63, 3.8) is 0 Å². The quantitative estimate of drug-likeness (QED) is 0.0222. The van der Waals surface area contributed by atoms with Crippen LogP contribution in [0.1, 0.15) is 336 Å². The van der Waals surface area contributed by atoms with E-state index in [4.69, 9.17) is 37.0 Å². The molecule has 0 bridgehead atoms. The van der Waals surface area contributed by atoms with Gasteiger partial charge in [0, 0.05) is 25.7 Å². The summed E-state index contributed by atoms with van der Waals surface area (Å²) in [5, 5.41) is 10.5. The summed E-state index contributed by atoms with van der Waals surface area (Å²) in [5.41, 5.74) is 0. The lowest BCUT2D eigenvalue weighted by Gasteiger charge is -2.21. The zero-order valence-electron chi connectivity index (χ0n) is 54.7. The Morgan fingerprint density at radius 2 is 0.565 bits per heavy atom. The summed E-state index contributed by atoms with van der Waals surface area (Å²) < 4.78 is 68.0. The fourth-order valence-electron chi connectivity index (χ4n) is 9.90. The highest BCUT2D eigenvalue weighted by Gasteiger charge is 2.30. The van der Waals surface area contributed by atoms with Crippen LogP contribution in [-0.2, 0) is 65.4 Å². The van der Waals surface area contributed by atoms with Gasteiger partial charge in [-0.3, -0.25) is 37.3 Å². The average molecular weight is 1260 g/mol. The molecule has 0 aromatic carbocycles. The van der Waals surface area contributed by atoms with Gasteiger partial charge in [-0.1, -0.05) is 285 Å². The summed E-state index contributed by atoms with van der Waals surface area (Å²) in [5.74, 6) is -1.33. The first-order valence-corrected chi connectivity index (χ1v) is 37.7. The number of phosphoric acid groups is 2. The highest BCUT2D eigenvalue weighted by atomic mass is 31.2. The largest absolute Gasteiger partial charge is 0.472 e. The van der Waals surface area contributed by atoms with Crippen molar-refractivity contribution in [1.29, 1.82) is 0 Å². The van der Waals surface area contributed by atoms with Crippen LogP contribution >= 0.6 is 15.6 Å². The Morgan fingerprint density at radius 3 is 0.835 bits per heavy atom. The average Bonchev–Trinajstić information content (AvgIpc) is 3.62. The molecule has 0 aromatic rings. The molecule has 504 valence electrons. The standard InChI is InChI=1S/C66H128O17P2/c1-6-10-13-16-19-22-24-25-26-31-35-40-45-50-64(69)77-56-62(83-66(71)52-47-42-37-32-28-27-29-33-38-43-48-59(5)9-4)58-81-85(74,75)79-54-60(67)53-78-84(72,73)80-57-61(55-76-63(68)49-44-39-34-21-18-15-12-8-3)82-65(70)51-46-41-36-30-23-20-17-14-11-7-2/h59-62,67H,6-58H2,1-5H3,(H,72,73)(H,74,75)/t59?,60-,61+,62+/m0/s1. The molecule has 0 saturated heterocycles. The van der Waals surface area contributed by atoms with Gasteiger partial charge in [-0.25, -0.2) is 9.13 Å². The normalized spacial score (nSPS) is 14.5. The van der Waals surface area contributed by atoms with Gasteiger partial charge in [0.05, 0.1) is 26.4 Å². The van der Waals surface area contributed by atoms with Crippen LogP contribution in [0.4, 0.5) is 0 Å². The van der Waals surface area contributed by atoms with Gasteiger partial charge >= 0.3 is 39.5 Å². The fraction of sp³-hybridized carbons (Fsp3) is 0.939. The van der Waals surface area contributed by atoms with E-state index < -0.39 is 97.5 Å². The Hall–Kier alpha value is -1.94. The van der Waals surface area contributed by atoms with Crippen molar-refractivity contribution < 1.29 is 80.2 Å². The Labute approximate surface area is 517 Å². The molecule has 0 saturated carbocycles. The molecule has 0 amide bonds. The summed E-state index contributed by atoms with van der Waals surface area (Å²) in [6.45, 7) is 7.21. The number of unbranched alkanes of at least 4 members (excludes halogenated alkanes) is 37. The van der Waals surface area contributed by atoms with Gasteiger partial charge in [0.1, 0.15) is 19.3 Å². The summed E-state index contributed by atoms with van der Waals surface area (Å²) in [7, 11) is -9.89. The van der Waals surface area contributed by atoms with Gasteiger partial charge in [-0.2, -0.15) is 0 Å². The zero-order chi connectivity index (χ0) is 62.8. The molecule has 0 fully saturated rings. The first-order valence-electron chi connectivity index (χ1n) is 34.7. The lowest BCUT2D eigenvalue weighted by Crippen LogP contribution is -2.30. The van der Waals surface area contributed by atoms with E-state index in [2.05, 4.69) is 34.6 Å². The molecule has 19 heteroatoms. The van der Waals surface area contributed by atoms with Gasteiger partial charge in [0.25, 0.3) is 0 Å². The summed E-state index contributed by atoms with van der Waals surface area (Å²) in [6, 6.07) is 0. The smallest absolute Gasteiger partial charge is 0.462 e. The summed E-state index contributed by atoms with van der Waals surface area (Å²) in [4.78, 5) is 72.2. The highest BCUT2D eigenvalue weighted by Crippen LogP contribution is 2.45. The molecule has 0 aromatic heterocycles. The van der Waals surface area contributed by atoms with Crippen LogP contribution in [-0.4, -0.2) is 96.7 Å². The van der Waals surface area contributed by atoms with Crippen LogP contribution in [0, 0.1) is 5.92 Å². The monoisotopic (exact) mass is 1250 g/mol. The van der Waals surface area contributed by atoms with E-state index in [0.29, 0.717) is 25.7 Å². The number of aliphatic hydroxyl groups excluding tert-OH is 1. The van der Waals surface area contributed by atoms with Crippen molar-refractivity contribution >= 4 is 39.5 Å². The van der Waals surface area contributed by atoms with E-state index in [1.165, 1.54) is 154 Å². The SMILES string of the molecule is CCCCCCCCCCCCCCCC(=O)OC[C@H](COP(=O)(O)OC[C@@H](O)COP(=O)(O)OC[C@@H](COC(=O)CCCCCCCCCC)OC(=O)CCCCCCCCCCCC)OC(=O)CCCCCCCCCCCCC(C)CC. The number of phosphoric ester groups is 2. The first kappa shape index (κ1) is 83.1. The lowest BCUT2D eigenvalue weighted by molar-refractivity contribution is -0.161. The number of carbonyl (C=O) groups is 4. The van der Waals surface area contributed by atoms with Crippen molar-refractivity contribution in [2.75, 3.05) is 39.6 Å². The second-order valence-electron chi connectivity index (χ2n) is 24.1. The molecule has 0 rings (SSSR count). The van der Waals surface area contributed by atoms with Crippen LogP contribution in [0.2, 0.25) is 0 Å². The number of rotatable bonds is 66. The molecule has 85 heavy (non-hydrogen) atoms. The molecule has 0 heterocycles. The number of aliphatic hydroxyl groups is 1. The van der Waals surface area contributed by atoms with E-state index in [-0.39, 0.29) is 25.7 Å². The number of hydrogen-bond donors (Lipinski definition) is 3. The summed E-state index contributed by atoms with van der Waals surface area (Å²) in [6.07, 6.45) is 44.3. The van der Waals surface area contributed by atoms with Crippen LogP contribution in [0.3, 0.4) is 0 Å². The van der Waals surface area contributed by atoms with Gasteiger partial charge in [0.15, 0.2) is 12.2 Å². The van der Waals surface area contributed by atoms with Crippen molar-refractivity contribution in [2.45, 2.75) is 355 Å². The van der Waals surface area contributed by atoms with Crippen LogP contribution in [0.25, 0.3) is 0 Å². The van der Waals surface area contributed by atoms with Gasteiger partial charge in [-0.05, 0) is 31.6 Å². The predicted molar refractivity (Wildman–Crippen MR) is 340 cm³/mol. The van der Waals surface area contributed by atoms with Gasteiger partial charge in [0.2, 0.25) is 0 Å². The van der Waals surface area contributed by atoms with E-state index in [9.17, 15) is 43.2 Å². The van der Waals surface area contributed by atoms with Crippen molar-refractivity contribution in [2.24, 2.45) is 5.92 Å². The second-order valence-corrected chi connectivity index (χ2v) is 27.0. The van der Waals surface area contributed by atoms with Crippen LogP contribution in [0.15, 0.2) is 0 Å². The maximum absolute atomic E-state index is 13.0. The first-order chi connectivity index (χ1) is 41.1. The molecule has 3 unspecified atom stereocenters. The molecule has 0 radical (unpaired) electrons. The summed E-state index contributed by atoms with van der Waals surface area (Å²) >= 11 is 0. The topological polar surface area (TPSA) is 237 Å². The third-order valence-corrected chi connectivity index (χ3v) is 17.5. The molecule has 0 aliphatic heterocycles. The van der Waals surface area contributed by atoms with Crippen LogP contribution < -0.4 is 0 Å². The third-order valence-electron chi connectivity index (χ3n) is 15.6. The van der Waals surface area contributed by atoms with Gasteiger partial charge in [-0.15, -0.1) is 0 Å². The minimum Gasteiger partial charge on any atom is -0.462 e. The van der Waals surface area contributed by atoms with E-state index in [1.807, 2.05) is 0 Å². The Morgan fingerprint density at radius 1 is 0.329 bits per heavy atom. The maximum atomic E-state index is 13.0. The van der Waals surface area contributed by atoms with Crippen LogP contribution in [0.5, 0.6) is 0 Å². The maximum Gasteiger partial charge on any atom is 0.472 e. The molecule has 3 N–H and O–H groups in total. The lowest BCUT2D eigenvalue weighted by atomic mass is 9.99. The molecular formula is C66H128O17P2. The van der Waals surface area contributed by atoms with Crippen molar-refractivity contribution in [3.8, 4) is 0 Å². The number of hydrogen-bond acceptors (Lipinski definition) is 15. The zero-order valence-corrected chi connectivity index (χ0v) is 56.5. The van der Waals surface area contributed by atoms with Crippen molar-refractivity contribution in [3.05, 3.63) is 0 Å². The molecule has 17 nitrogen and oxygen atoms in total. The Bertz CT molecular complexity index is 1650. The molecule has 0 spiro atoms. The second kappa shape index (κ2) is 59.7. The van der Waals surface area contributed by atoms with E-state index >= 15 is 0 Å².